The van der Waals surface area contributed by atoms with E-state index < -0.39 is 18.0 Å². The summed E-state index contributed by atoms with van der Waals surface area (Å²) in [6.45, 7) is 7.58. The smallest absolute Gasteiger partial charge is 0.319 e. The van der Waals surface area contributed by atoms with Gasteiger partial charge in [0.05, 0.1) is 12.0 Å². The molecule has 5 heteroatoms. The number of hydrogen-bond donors (Lipinski definition) is 2. The van der Waals surface area contributed by atoms with E-state index in [9.17, 15) is 14.7 Å². The lowest BCUT2D eigenvalue weighted by molar-refractivity contribution is -0.309. The van der Waals surface area contributed by atoms with Gasteiger partial charge in [-0.3, -0.25) is 0 Å². The number of carboxylic acid groups (broad SMARTS) is 1. The number of carboxylic acids is 1. The number of rotatable bonds is 5. The van der Waals surface area contributed by atoms with Crippen molar-refractivity contribution in [1.29, 1.82) is 0 Å². The molecule has 1 aromatic rings. The van der Waals surface area contributed by atoms with Crippen LogP contribution in [0.1, 0.15) is 39.2 Å². The van der Waals surface area contributed by atoms with Gasteiger partial charge in [-0.25, -0.2) is 4.79 Å². The van der Waals surface area contributed by atoms with Gasteiger partial charge in [0, 0.05) is 5.69 Å². The van der Waals surface area contributed by atoms with E-state index in [1.807, 2.05) is 12.1 Å². The Labute approximate surface area is 119 Å². The van der Waals surface area contributed by atoms with Gasteiger partial charge in [-0.15, -0.1) is 0 Å². The molecule has 20 heavy (non-hydrogen) atoms. The fraction of sp³-hybridized carbons (Fsp3) is 0.467. The van der Waals surface area contributed by atoms with Crippen LogP contribution in [0.5, 0.6) is 0 Å². The lowest BCUT2D eigenvalue weighted by Crippen LogP contribution is -2.51. The van der Waals surface area contributed by atoms with Crippen LogP contribution in [0, 0.1) is 5.92 Å². The zero-order chi connectivity index (χ0) is 15.3. The average Bonchev–Trinajstić information content (AvgIpc) is 2.35. The molecule has 0 aliphatic rings. The molecule has 0 aliphatic heterocycles. The average molecular weight is 277 g/mol. The molecule has 1 atom stereocenters. The van der Waals surface area contributed by atoms with Crippen molar-refractivity contribution in [2.45, 2.75) is 39.7 Å². The van der Waals surface area contributed by atoms with Gasteiger partial charge in [0.1, 0.15) is 0 Å². The largest absolute Gasteiger partial charge is 0.548 e. The van der Waals surface area contributed by atoms with Crippen LogP contribution in [0.25, 0.3) is 0 Å². The molecule has 1 rings (SSSR count). The molecular formula is C15H21N2O3-. The maximum atomic E-state index is 11.7. The molecule has 5 nitrogen and oxygen atoms in total. The first-order valence-electron chi connectivity index (χ1n) is 6.69. The summed E-state index contributed by atoms with van der Waals surface area (Å²) in [4.78, 5) is 22.6. The normalized spacial score (nSPS) is 12.3. The molecule has 0 fully saturated rings. The molecule has 0 aromatic heterocycles. The van der Waals surface area contributed by atoms with E-state index in [4.69, 9.17) is 0 Å². The Morgan fingerprint density at radius 2 is 1.60 bits per heavy atom. The van der Waals surface area contributed by atoms with Crippen LogP contribution >= 0.6 is 0 Å². The van der Waals surface area contributed by atoms with E-state index >= 15 is 0 Å². The Balaban J connectivity index is 2.64. The summed E-state index contributed by atoms with van der Waals surface area (Å²) in [6, 6.07) is 5.88. The van der Waals surface area contributed by atoms with Crippen molar-refractivity contribution in [3.63, 3.8) is 0 Å². The van der Waals surface area contributed by atoms with Crippen LogP contribution in [0.2, 0.25) is 0 Å². The van der Waals surface area contributed by atoms with Gasteiger partial charge in [0.25, 0.3) is 0 Å². The van der Waals surface area contributed by atoms with E-state index in [1.165, 1.54) is 5.56 Å². The Bertz CT molecular complexity index is 467. The Hall–Kier alpha value is -2.04. The maximum absolute atomic E-state index is 11.7. The van der Waals surface area contributed by atoms with Crippen LogP contribution < -0.4 is 15.7 Å². The highest BCUT2D eigenvalue weighted by molar-refractivity contribution is 5.92. The standard InChI is InChI=1S/C15H22N2O3/c1-9(2)11-5-7-12(8-6-11)16-15(20)17-13(10(3)4)14(18)19/h5-10,13H,1-4H3,(H,18,19)(H2,16,17,20)/p-1/t13-/m0/s1. The van der Waals surface area contributed by atoms with Gasteiger partial charge in [-0.05, 0) is 29.5 Å². The zero-order valence-electron chi connectivity index (χ0n) is 12.3. The van der Waals surface area contributed by atoms with Gasteiger partial charge < -0.3 is 20.5 Å². The minimum Gasteiger partial charge on any atom is -0.548 e. The van der Waals surface area contributed by atoms with Gasteiger partial charge in [0.2, 0.25) is 0 Å². The predicted molar refractivity (Wildman–Crippen MR) is 76.3 cm³/mol. The quantitative estimate of drug-likeness (QED) is 0.859. The highest BCUT2D eigenvalue weighted by Gasteiger charge is 2.17. The third-order valence-electron chi connectivity index (χ3n) is 3.04. The molecule has 2 amide bonds. The van der Waals surface area contributed by atoms with E-state index in [1.54, 1.807) is 26.0 Å². The summed E-state index contributed by atoms with van der Waals surface area (Å²) in [6.07, 6.45) is 0. The molecule has 110 valence electrons. The van der Waals surface area contributed by atoms with E-state index in [-0.39, 0.29) is 5.92 Å². The third kappa shape index (κ3) is 4.57. The van der Waals surface area contributed by atoms with Crippen molar-refractivity contribution in [2.75, 3.05) is 5.32 Å². The molecule has 0 saturated carbocycles. The van der Waals surface area contributed by atoms with Crippen LogP contribution in [-0.4, -0.2) is 18.0 Å². The molecule has 0 spiro atoms. The Kier molecular flexibility index (Phi) is 5.55. The second kappa shape index (κ2) is 6.93. The molecule has 0 unspecified atom stereocenters. The number of aliphatic carboxylic acids is 1. The summed E-state index contributed by atoms with van der Waals surface area (Å²) in [5, 5.41) is 15.9. The van der Waals surface area contributed by atoms with Crippen LogP contribution in [0.15, 0.2) is 24.3 Å². The van der Waals surface area contributed by atoms with Crippen molar-refractivity contribution in [1.82, 2.24) is 5.32 Å². The van der Waals surface area contributed by atoms with Crippen molar-refractivity contribution in [3.05, 3.63) is 29.8 Å². The summed E-state index contributed by atoms with van der Waals surface area (Å²) in [5.74, 6) is -1.11. The van der Waals surface area contributed by atoms with Crippen molar-refractivity contribution in [3.8, 4) is 0 Å². The minimum absolute atomic E-state index is 0.242. The van der Waals surface area contributed by atoms with Crippen LogP contribution in [0.3, 0.4) is 0 Å². The zero-order valence-corrected chi connectivity index (χ0v) is 12.3. The summed E-state index contributed by atoms with van der Waals surface area (Å²) < 4.78 is 0. The maximum Gasteiger partial charge on any atom is 0.319 e. The van der Waals surface area contributed by atoms with Crippen molar-refractivity contribution >= 4 is 17.7 Å². The number of nitrogens with one attached hydrogen (secondary N) is 2. The number of urea groups is 1. The third-order valence-corrected chi connectivity index (χ3v) is 3.04. The SMILES string of the molecule is CC(C)c1ccc(NC(=O)N[C@H](C(=O)[O-])C(C)C)cc1. The van der Waals surface area contributed by atoms with Crippen molar-refractivity contribution in [2.24, 2.45) is 5.92 Å². The first-order chi connectivity index (χ1) is 9.31. The monoisotopic (exact) mass is 277 g/mol. The van der Waals surface area contributed by atoms with Gasteiger partial charge in [0.15, 0.2) is 0 Å². The second-order valence-corrected chi connectivity index (χ2v) is 5.42. The Morgan fingerprint density at radius 3 is 2.00 bits per heavy atom. The topological polar surface area (TPSA) is 81.3 Å². The first-order valence-corrected chi connectivity index (χ1v) is 6.69. The summed E-state index contributed by atoms with van der Waals surface area (Å²) >= 11 is 0. The molecule has 0 saturated heterocycles. The number of carbonyl (C=O) groups excluding carboxylic acids is 2. The number of carbonyl (C=O) groups is 2. The lowest BCUT2D eigenvalue weighted by Gasteiger charge is -2.23. The molecule has 0 aliphatic carbocycles. The number of benzene rings is 1. The second-order valence-electron chi connectivity index (χ2n) is 5.42. The molecule has 2 N–H and O–H groups in total. The molecule has 0 heterocycles. The van der Waals surface area contributed by atoms with E-state index in [0.29, 0.717) is 11.6 Å². The van der Waals surface area contributed by atoms with Gasteiger partial charge >= 0.3 is 6.03 Å². The lowest BCUT2D eigenvalue weighted by atomic mass is 10.0. The fourth-order valence-corrected chi connectivity index (χ4v) is 1.76. The van der Waals surface area contributed by atoms with Crippen LogP contribution in [-0.2, 0) is 4.79 Å². The number of amides is 2. The summed E-state index contributed by atoms with van der Waals surface area (Å²) in [5.41, 5.74) is 1.79. The Morgan fingerprint density at radius 1 is 1.05 bits per heavy atom. The predicted octanol–water partition coefficient (Wildman–Crippen LogP) is 1.71. The fourth-order valence-electron chi connectivity index (χ4n) is 1.76. The molecule has 0 bridgehead atoms. The highest BCUT2D eigenvalue weighted by atomic mass is 16.4. The molecule has 0 radical (unpaired) electrons. The van der Waals surface area contributed by atoms with Crippen LogP contribution in [0.4, 0.5) is 10.5 Å². The van der Waals surface area contributed by atoms with Crippen molar-refractivity contribution < 1.29 is 14.7 Å². The van der Waals surface area contributed by atoms with E-state index in [0.717, 1.165) is 0 Å². The molecule has 1 aromatic carbocycles. The minimum atomic E-state index is -1.29. The first kappa shape index (κ1) is 16.0. The van der Waals surface area contributed by atoms with E-state index in [2.05, 4.69) is 24.5 Å². The van der Waals surface area contributed by atoms with Gasteiger partial charge in [-0.1, -0.05) is 39.8 Å². The number of hydrogen-bond acceptors (Lipinski definition) is 3. The number of anilines is 1. The van der Waals surface area contributed by atoms with Gasteiger partial charge in [-0.2, -0.15) is 0 Å². The summed E-state index contributed by atoms with van der Waals surface area (Å²) in [7, 11) is 0. The highest BCUT2D eigenvalue weighted by Crippen LogP contribution is 2.17. The molecular weight excluding hydrogens is 256 g/mol.